The summed E-state index contributed by atoms with van der Waals surface area (Å²) < 4.78 is 33.7. The van der Waals surface area contributed by atoms with Crippen molar-refractivity contribution in [2.45, 2.75) is 55.1 Å². The Morgan fingerprint density at radius 3 is 2.78 bits per heavy atom. The van der Waals surface area contributed by atoms with Crippen LogP contribution in [-0.4, -0.2) is 35.8 Å². The smallest absolute Gasteiger partial charge is 0.243 e. The van der Waals surface area contributed by atoms with Crippen molar-refractivity contribution in [3.63, 3.8) is 0 Å². The number of aryl methyl sites for hydroxylation is 2. The summed E-state index contributed by atoms with van der Waals surface area (Å²) in [6, 6.07) is 5.58. The largest absolute Gasteiger partial charge is 0.361 e. The summed E-state index contributed by atoms with van der Waals surface area (Å²) in [5, 5.41) is 0. The SMILES string of the molecule is O=S(=O)(c1ccc2c(c1)CCC2)N1CC2(C1)OCc1nc(C3CC3)ncc12. The molecule has 0 bridgehead atoms. The van der Waals surface area contributed by atoms with Gasteiger partial charge in [0.15, 0.2) is 0 Å². The number of ether oxygens (including phenoxy) is 1. The lowest BCUT2D eigenvalue weighted by Crippen LogP contribution is -2.61. The summed E-state index contributed by atoms with van der Waals surface area (Å²) in [7, 11) is -3.49. The fraction of sp³-hybridized carbons (Fsp3) is 0.500. The number of aromatic nitrogens is 2. The maximum atomic E-state index is 13.1. The van der Waals surface area contributed by atoms with Crippen LogP contribution >= 0.6 is 0 Å². The Balaban J connectivity index is 1.26. The van der Waals surface area contributed by atoms with Crippen LogP contribution in [0, 0.1) is 0 Å². The van der Waals surface area contributed by atoms with Crippen molar-refractivity contribution in [2.75, 3.05) is 13.1 Å². The minimum absolute atomic E-state index is 0.339. The summed E-state index contributed by atoms with van der Waals surface area (Å²) in [6.45, 7) is 1.13. The zero-order valence-corrected chi connectivity index (χ0v) is 15.8. The van der Waals surface area contributed by atoms with Gasteiger partial charge in [-0.1, -0.05) is 6.07 Å². The van der Waals surface area contributed by atoms with E-state index >= 15 is 0 Å². The quantitative estimate of drug-likeness (QED) is 0.813. The predicted octanol–water partition coefficient (Wildman–Crippen LogP) is 2.27. The second-order valence-electron chi connectivity index (χ2n) is 8.20. The van der Waals surface area contributed by atoms with E-state index in [9.17, 15) is 8.42 Å². The first-order valence-electron chi connectivity index (χ1n) is 9.67. The predicted molar refractivity (Wildman–Crippen MR) is 97.7 cm³/mol. The summed E-state index contributed by atoms with van der Waals surface area (Å²) in [5.74, 6) is 1.42. The summed E-state index contributed by atoms with van der Waals surface area (Å²) >= 11 is 0. The molecular formula is C20H21N3O3S. The van der Waals surface area contributed by atoms with E-state index in [1.807, 2.05) is 18.3 Å². The Labute approximate surface area is 158 Å². The molecule has 140 valence electrons. The third-order valence-corrected chi connectivity index (χ3v) is 8.16. The van der Waals surface area contributed by atoms with Gasteiger partial charge in [-0.05, 0) is 55.4 Å². The van der Waals surface area contributed by atoms with E-state index < -0.39 is 15.6 Å². The fourth-order valence-corrected chi connectivity index (χ4v) is 6.14. The number of nitrogens with zero attached hydrogens (tertiary/aromatic N) is 3. The van der Waals surface area contributed by atoms with Crippen LogP contribution in [0.4, 0.5) is 0 Å². The van der Waals surface area contributed by atoms with Crippen LogP contribution in [0.25, 0.3) is 0 Å². The number of hydrogen-bond acceptors (Lipinski definition) is 5. The highest BCUT2D eigenvalue weighted by molar-refractivity contribution is 7.89. The molecule has 0 N–H and O–H groups in total. The molecule has 3 heterocycles. The van der Waals surface area contributed by atoms with Gasteiger partial charge in [-0.3, -0.25) is 0 Å². The van der Waals surface area contributed by atoms with Gasteiger partial charge in [-0.2, -0.15) is 4.31 Å². The Morgan fingerprint density at radius 1 is 1.15 bits per heavy atom. The number of hydrogen-bond donors (Lipinski definition) is 0. The standard InChI is InChI=1S/C20H21N3O3S/c24-27(25,16-7-6-13-2-1-3-15(13)8-16)23-11-20(12-23)17-9-21-19(14-4-5-14)22-18(17)10-26-20/h6-9,14H,1-5,10-12H2. The summed E-state index contributed by atoms with van der Waals surface area (Å²) in [6.07, 6.45) is 7.33. The van der Waals surface area contributed by atoms with E-state index in [1.165, 1.54) is 15.4 Å². The van der Waals surface area contributed by atoms with Crippen molar-refractivity contribution in [2.24, 2.45) is 0 Å². The minimum atomic E-state index is -3.49. The molecule has 2 aliphatic heterocycles. The zero-order chi connectivity index (χ0) is 18.2. The Morgan fingerprint density at radius 2 is 1.96 bits per heavy atom. The van der Waals surface area contributed by atoms with Crippen molar-refractivity contribution in [1.29, 1.82) is 0 Å². The summed E-state index contributed by atoms with van der Waals surface area (Å²) in [5.41, 5.74) is 3.79. The molecule has 0 amide bonds. The lowest BCUT2D eigenvalue weighted by molar-refractivity contribution is -0.112. The molecule has 2 fully saturated rings. The van der Waals surface area contributed by atoms with Crippen molar-refractivity contribution in [3.8, 4) is 0 Å². The topological polar surface area (TPSA) is 72.4 Å². The lowest BCUT2D eigenvalue weighted by atomic mass is 9.90. The number of benzene rings is 1. The van der Waals surface area contributed by atoms with Gasteiger partial charge in [0, 0.05) is 30.8 Å². The van der Waals surface area contributed by atoms with Crippen molar-refractivity contribution < 1.29 is 13.2 Å². The summed E-state index contributed by atoms with van der Waals surface area (Å²) in [4.78, 5) is 9.59. The van der Waals surface area contributed by atoms with Crippen LogP contribution in [0.15, 0.2) is 29.3 Å². The first-order valence-corrected chi connectivity index (χ1v) is 11.1. The zero-order valence-electron chi connectivity index (χ0n) is 15.0. The van der Waals surface area contributed by atoms with Crippen molar-refractivity contribution in [3.05, 3.63) is 52.6 Å². The van der Waals surface area contributed by atoms with Gasteiger partial charge < -0.3 is 4.74 Å². The second-order valence-corrected chi connectivity index (χ2v) is 10.1. The fourth-order valence-electron chi connectivity index (χ4n) is 4.56. The first-order chi connectivity index (χ1) is 13.1. The highest BCUT2D eigenvalue weighted by Crippen LogP contribution is 2.46. The molecule has 6 rings (SSSR count). The third-order valence-electron chi connectivity index (χ3n) is 6.38. The molecule has 1 aromatic heterocycles. The molecule has 4 aliphatic rings. The lowest BCUT2D eigenvalue weighted by Gasteiger charge is -2.46. The van der Waals surface area contributed by atoms with E-state index in [2.05, 4.69) is 9.97 Å². The van der Waals surface area contributed by atoms with Crippen LogP contribution in [0.3, 0.4) is 0 Å². The van der Waals surface area contributed by atoms with Gasteiger partial charge in [-0.25, -0.2) is 18.4 Å². The van der Waals surface area contributed by atoms with Gasteiger partial charge >= 0.3 is 0 Å². The molecule has 6 nitrogen and oxygen atoms in total. The molecule has 0 unspecified atom stereocenters. The van der Waals surface area contributed by atoms with Gasteiger partial charge in [-0.15, -0.1) is 0 Å². The molecule has 1 spiro atoms. The van der Waals surface area contributed by atoms with Gasteiger partial charge in [0.2, 0.25) is 10.0 Å². The second kappa shape index (κ2) is 5.37. The molecule has 0 radical (unpaired) electrons. The minimum Gasteiger partial charge on any atom is -0.361 e. The van der Waals surface area contributed by atoms with E-state index in [0.29, 0.717) is 30.5 Å². The molecule has 0 atom stereocenters. The average Bonchev–Trinajstić information content (AvgIpc) is 3.25. The van der Waals surface area contributed by atoms with Crippen LogP contribution < -0.4 is 0 Å². The Kier molecular flexibility index (Phi) is 3.21. The van der Waals surface area contributed by atoms with Crippen molar-refractivity contribution >= 4 is 10.0 Å². The number of fused-ring (bicyclic) bond motifs is 3. The van der Waals surface area contributed by atoms with Crippen LogP contribution in [0.1, 0.15) is 53.4 Å². The van der Waals surface area contributed by atoms with E-state index in [1.54, 1.807) is 6.07 Å². The van der Waals surface area contributed by atoms with Crippen LogP contribution in [-0.2, 0) is 39.8 Å². The molecule has 7 heteroatoms. The van der Waals surface area contributed by atoms with E-state index in [0.717, 1.165) is 49.2 Å². The maximum absolute atomic E-state index is 13.1. The van der Waals surface area contributed by atoms with E-state index in [4.69, 9.17) is 4.74 Å². The highest BCUT2D eigenvalue weighted by Gasteiger charge is 2.55. The van der Waals surface area contributed by atoms with Gasteiger partial charge in [0.25, 0.3) is 0 Å². The number of sulfonamides is 1. The average molecular weight is 383 g/mol. The molecule has 2 aliphatic carbocycles. The first kappa shape index (κ1) is 16.2. The van der Waals surface area contributed by atoms with Gasteiger partial charge in [0.05, 0.1) is 17.2 Å². The molecule has 1 saturated heterocycles. The normalized spacial score (nSPS) is 23.3. The molecule has 1 saturated carbocycles. The Hall–Kier alpha value is -1.83. The van der Waals surface area contributed by atoms with Crippen molar-refractivity contribution in [1.82, 2.24) is 14.3 Å². The molecule has 27 heavy (non-hydrogen) atoms. The highest BCUT2D eigenvalue weighted by atomic mass is 32.2. The Bertz CT molecular complexity index is 1060. The maximum Gasteiger partial charge on any atom is 0.243 e. The molecule has 2 aromatic rings. The van der Waals surface area contributed by atoms with Crippen LogP contribution in [0.2, 0.25) is 0 Å². The van der Waals surface area contributed by atoms with Gasteiger partial charge in [0.1, 0.15) is 11.4 Å². The molecular weight excluding hydrogens is 362 g/mol. The monoisotopic (exact) mass is 383 g/mol. The number of rotatable bonds is 3. The third kappa shape index (κ3) is 2.35. The van der Waals surface area contributed by atoms with E-state index in [-0.39, 0.29) is 0 Å². The van der Waals surface area contributed by atoms with Crippen LogP contribution in [0.5, 0.6) is 0 Å². The molecule has 1 aromatic carbocycles.